The van der Waals surface area contributed by atoms with E-state index in [-0.39, 0.29) is 5.56 Å². The van der Waals surface area contributed by atoms with Gasteiger partial charge in [-0.15, -0.1) is 0 Å². The van der Waals surface area contributed by atoms with Gasteiger partial charge in [-0.3, -0.25) is 4.79 Å². The van der Waals surface area contributed by atoms with Crippen LogP contribution < -0.4 is 0 Å². The number of ketones is 1. The Balaban J connectivity index is 2.84. The maximum absolute atomic E-state index is 12.2. The number of aliphatic hydroxyl groups is 1. The molecule has 2 nitrogen and oxygen atoms in total. The lowest BCUT2D eigenvalue weighted by atomic mass is 9.94. The fourth-order valence-corrected chi connectivity index (χ4v) is 1.29. The van der Waals surface area contributed by atoms with E-state index in [9.17, 15) is 18.0 Å². The molecule has 2 atom stereocenters. The first-order chi connectivity index (χ1) is 7.34. The van der Waals surface area contributed by atoms with Gasteiger partial charge in [-0.2, -0.15) is 13.2 Å². The molecule has 0 aromatic heterocycles. The van der Waals surface area contributed by atoms with Crippen molar-refractivity contribution < 1.29 is 23.1 Å². The van der Waals surface area contributed by atoms with Crippen LogP contribution in [0.4, 0.5) is 13.2 Å². The SMILES string of the molecule is C[C@@H](C(=O)c1ccccc1)[C@H](O)C(F)(F)F. The van der Waals surface area contributed by atoms with Gasteiger partial charge in [0.1, 0.15) is 0 Å². The van der Waals surface area contributed by atoms with Gasteiger partial charge in [-0.25, -0.2) is 0 Å². The number of halogens is 3. The molecule has 0 spiro atoms. The smallest absolute Gasteiger partial charge is 0.383 e. The molecule has 5 heteroatoms. The third kappa shape index (κ3) is 2.82. The Hall–Kier alpha value is -1.36. The maximum atomic E-state index is 12.2. The quantitative estimate of drug-likeness (QED) is 0.812. The zero-order valence-corrected chi connectivity index (χ0v) is 8.53. The molecule has 1 aromatic rings. The van der Waals surface area contributed by atoms with Crippen molar-refractivity contribution in [2.24, 2.45) is 5.92 Å². The van der Waals surface area contributed by atoms with Gasteiger partial charge < -0.3 is 5.11 Å². The molecule has 88 valence electrons. The third-order valence-corrected chi connectivity index (χ3v) is 2.28. The second-order valence-corrected chi connectivity index (χ2v) is 3.51. The number of rotatable bonds is 3. The van der Waals surface area contributed by atoms with Crippen molar-refractivity contribution in [2.75, 3.05) is 0 Å². The van der Waals surface area contributed by atoms with E-state index >= 15 is 0 Å². The van der Waals surface area contributed by atoms with Gasteiger partial charge in [-0.05, 0) is 0 Å². The summed E-state index contributed by atoms with van der Waals surface area (Å²) in [6, 6.07) is 7.60. The average molecular weight is 232 g/mol. The Labute approximate surface area is 90.7 Å². The first kappa shape index (κ1) is 12.7. The summed E-state index contributed by atoms with van der Waals surface area (Å²) in [5.41, 5.74) is 0.165. The van der Waals surface area contributed by atoms with Crippen LogP contribution in [0.2, 0.25) is 0 Å². The number of hydrogen-bond donors (Lipinski definition) is 1. The van der Waals surface area contributed by atoms with Crippen molar-refractivity contribution in [2.45, 2.75) is 19.2 Å². The molecule has 0 aliphatic carbocycles. The Kier molecular flexibility index (Phi) is 3.70. The summed E-state index contributed by atoms with van der Waals surface area (Å²) in [6.45, 7) is 1.06. The van der Waals surface area contributed by atoms with Gasteiger partial charge in [0.2, 0.25) is 0 Å². The molecule has 1 aromatic carbocycles. The highest BCUT2D eigenvalue weighted by Crippen LogP contribution is 2.27. The van der Waals surface area contributed by atoms with Crippen LogP contribution in [0.1, 0.15) is 17.3 Å². The summed E-state index contributed by atoms with van der Waals surface area (Å²) in [6.07, 6.45) is -7.40. The van der Waals surface area contributed by atoms with E-state index in [2.05, 4.69) is 0 Å². The summed E-state index contributed by atoms with van der Waals surface area (Å²) in [5, 5.41) is 8.94. The Morgan fingerprint density at radius 3 is 2.19 bits per heavy atom. The van der Waals surface area contributed by atoms with Crippen molar-refractivity contribution in [3.8, 4) is 0 Å². The van der Waals surface area contributed by atoms with Crippen molar-refractivity contribution in [1.82, 2.24) is 0 Å². The summed E-state index contributed by atoms with van der Waals surface area (Å²) < 4.78 is 36.5. The van der Waals surface area contributed by atoms with Crippen molar-refractivity contribution in [3.63, 3.8) is 0 Å². The molecule has 0 saturated carbocycles. The van der Waals surface area contributed by atoms with Gasteiger partial charge in [-0.1, -0.05) is 37.3 Å². The molecule has 0 unspecified atom stereocenters. The van der Waals surface area contributed by atoms with Crippen LogP contribution >= 0.6 is 0 Å². The van der Waals surface area contributed by atoms with Crippen LogP contribution in [0.3, 0.4) is 0 Å². The topological polar surface area (TPSA) is 37.3 Å². The molecule has 0 fully saturated rings. The lowest BCUT2D eigenvalue weighted by Gasteiger charge is -2.20. The number of carbonyl (C=O) groups is 1. The summed E-state index contributed by atoms with van der Waals surface area (Å²) in [7, 11) is 0. The normalized spacial score (nSPS) is 15.6. The predicted octanol–water partition coefficient (Wildman–Crippen LogP) is 2.43. The highest BCUT2D eigenvalue weighted by Gasteiger charge is 2.44. The average Bonchev–Trinajstić information content (AvgIpc) is 2.26. The monoisotopic (exact) mass is 232 g/mol. The third-order valence-electron chi connectivity index (χ3n) is 2.28. The lowest BCUT2D eigenvalue weighted by molar-refractivity contribution is -0.212. The van der Waals surface area contributed by atoms with Gasteiger partial charge >= 0.3 is 6.18 Å². The van der Waals surface area contributed by atoms with E-state index in [1.165, 1.54) is 12.1 Å². The van der Waals surface area contributed by atoms with Crippen LogP contribution in [0, 0.1) is 5.92 Å². The van der Waals surface area contributed by atoms with E-state index in [1.807, 2.05) is 0 Å². The Morgan fingerprint density at radius 2 is 1.75 bits per heavy atom. The summed E-state index contributed by atoms with van der Waals surface area (Å²) in [4.78, 5) is 11.6. The van der Waals surface area contributed by atoms with Crippen molar-refractivity contribution in [3.05, 3.63) is 35.9 Å². The Bertz CT molecular complexity index is 359. The molecule has 0 aliphatic heterocycles. The molecule has 0 heterocycles. The largest absolute Gasteiger partial charge is 0.415 e. The van der Waals surface area contributed by atoms with E-state index < -0.39 is 24.0 Å². The fourth-order valence-electron chi connectivity index (χ4n) is 1.29. The van der Waals surface area contributed by atoms with Crippen LogP contribution in [0.5, 0.6) is 0 Å². The molecule has 0 aliphatic rings. The zero-order chi connectivity index (χ0) is 12.3. The van der Waals surface area contributed by atoms with Crippen LogP contribution in [0.15, 0.2) is 30.3 Å². The molecule has 0 radical (unpaired) electrons. The number of benzene rings is 1. The molecule has 0 amide bonds. The minimum Gasteiger partial charge on any atom is -0.383 e. The van der Waals surface area contributed by atoms with Gasteiger partial charge in [0.25, 0.3) is 0 Å². The second-order valence-electron chi connectivity index (χ2n) is 3.51. The maximum Gasteiger partial charge on any atom is 0.415 e. The predicted molar refractivity (Wildman–Crippen MR) is 52.0 cm³/mol. The van der Waals surface area contributed by atoms with Crippen molar-refractivity contribution >= 4 is 5.78 Å². The molecular formula is C11H11F3O2. The zero-order valence-electron chi connectivity index (χ0n) is 8.53. The molecule has 0 bridgehead atoms. The number of carbonyl (C=O) groups excluding carboxylic acids is 1. The van der Waals surface area contributed by atoms with E-state index in [0.717, 1.165) is 6.92 Å². The van der Waals surface area contributed by atoms with E-state index in [4.69, 9.17) is 5.11 Å². The van der Waals surface area contributed by atoms with Crippen LogP contribution in [0.25, 0.3) is 0 Å². The first-order valence-electron chi connectivity index (χ1n) is 4.68. The van der Waals surface area contributed by atoms with Crippen molar-refractivity contribution in [1.29, 1.82) is 0 Å². The minimum absolute atomic E-state index is 0.165. The molecular weight excluding hydrogens is 221 g/mol. The summed E-state index contributed by atoms with van der Waals surface area (Å²) >= 11 is 0. The van der Waals surface area contributed by atoms with Crippen LogP contribution in [-0.4, -0.2) is 23.2 Å². The fraction of sp³-hybridized carbons (Fsp3) is 0.364. The molecule has 0 saturated heterocycles. The highest BCUT2D eigenvalue weighted by molar-refractivity contribution is 5.97. The highest BCUT2D eigenvalue weighted by atomic mass is 19.4. The molecule has 1 rings (SSSR count). The van der Waals surface area contributed by atoms with E-state index in [0.29, 0.717) is 0 Å². The molecule has 16 heavy (non-hydrogen) atoms. The van der Waals surface area contributed by atoms with Crippen LogP contribution in [-0.2, 0) is 0 Å². The Morgan fingerprint density at radius 1 is 1.25 bits per heavy atom. The number of hydrogen-bond acceptors (Lipinski definition) is 2. The van der Waals surface area contributed by atoms with Gasteiger partial charge in [0.05, 0.1) is 5.92 Å². The summed E-state index contributed by atoms with van der Waals surface area (Å²) in [5.74, 6) is -2.21. The number of alkyl halides is 3. The number of aliphatic hydroxyl groups excluding tert-OH is 1. The molecule has 1 N–H and O–H groups in total. The minimum atomic E-state index is -4.77. The lowest BCUT2D eigenvalue weighted by Crippen LogP contribution is -2.38. The number of Topliss-reactive ketones (excluding diaryl/α,β-unsaturated/α-hetero) is 1. The first-order valence-corrected chi connectivity index (χ1v) is 4.68. The van der Waals surface area contributed by atoms with Gasteiger partial charge in [0, 0.05) is 5.56 Å². The van der Waals surface area contributed by atoms with E-state index in [1.54, 1.807) is 18.2 Å². The standard InChI is InChI=1S/C11H11F3O2/c1-7(10(16)11(12,13)14)9(15)8-5-3-2-4-6-8/h2-7,10,16H,1H3/t7-,10-/m0/s1. The van der Waals surface area contributed by atoms with Gasteiger partial charge in [0.15, 0.2) is 11.9 Å². The second kappa shape index (κ2) is 4.65.